The van der Waals surface area contributed by atoms with Gasteiger partial charge in [-0.15, -0.1) is 0 Å². The highest BCUT2D eigenvalue weighted by Gasteiger charge is 2.34. The molecule has 1 aliphatic rings. The number of benzene rings is 2. The van der Waals surface area contributed by atoms with Crippen molar-refractivity contribution < 1.29 is 28.1 Å². The number of carbonyl (C=O) groups excluding carboxylic acids is 1. The Kier molecular flexibility index (Phi) is 7.99. The molecule has 0 unspecified atom stereocenters. The van der Waals surface area contributed by atoms with Gasteiger partial charge in [0, 0.05) is 17.7 Å². The van der Waals surface area contributed by atoms with Crippen molar-refractivity contribution in [1.82, 2.24) is 4.90 Å². The highest BCUT2D eigenvalue weighted by molar-refractivity contribution is 9.08. The van der Waals surface area contributed by atoms with E-state index >= 15 is 4.39 Å². The number of halogens is 2. The van der Waals surface area contributed by atoms with E-state index in [2.05, 4.69) is 40.9 Å². The Labute approximate surface area is 214 Å². The van der Waals surface area contributed by atoms with Crippen molar-refractivity contribution in [3.63, 3.8) is 0 Å². The van der Waals surface area contributed by atoms with E-state index in [1.807, 2.05) is 19.9 Å². The van der Waals surface area contributed by atoms with E-state index in [1.165, 1.54) is 14.2 Å². The number of fused-ring (bicyclic) bond motifs is 1. The molecule has 0 saturated heterocycles. The third-order valence-electron chi connectivity index (χ3n) is 5.74. The van der Waals surface area contributed by atoms with E-state index in [0.717, 1.165) is 5.56 Å². The van der Waals surface area contributed by atoms with Crippen LogP contribution < -0.4 is 18.9 Å². The Morgan fingerprint density at radius 1 is 1.09 bits per heavy atom. The normalized spacial score (nSPS) is 14.4. The van der Waals surface area contributed by atoms with Gasteiger partial charge >= 0.3 is 0 Å². The van der Waals surface area contributed by atoms with E-state index in [-0.39, 0.29) is 40.9 Å². The fraction of sp³-hybridized carbons (Fsp3) is 0.462. The number of nitrogens with zero attached hydrogens (tertiary/aromatic N) is 2. The molecule has 0 bridgehead atoms. The summed E-state index contributed by atoms with van der Waals surface area (Å²) in [5, 5.41) is 0. The maximum atomic E-state index is 15.3. The Morgan fingerprint density at radius 3 is 2.26 bits per heavy atom. The van der Waals surface area contributed by atoms with Crippen molar-refractivity contribution in [2.45, 2.75) is 52.7 Å². The van der Waals surface area contributed by atoms with E-state index in [0.29, 0.717) is 35.0 Å². The molecule has 0 radical (unpaired) electrons. The maximum Gasteiger partial charge on any atom is 0.197 e. The van der Waals surface area contributed by atoms with Crippen LogP contribution in [0.3, 0.4) is 0 Å². The van der Waals surface area contributed by atoms with Crippen molar-refractivity contribution in [2.75, 3.05) is 27.9 Å². The SMILES string of the molecule is COc1cc2c(c(F)c1OC)/C(=N/Br)N(CC(=O)c1cc(OC(C)C)c(OC)c(C(C)(C)C)c1)C2. The zero-order valence-electron chi connectivity index (χ0n) is 21.4. The van der Waals surface area contributed by atoms with Crippen LogP contribution in [-0.4, -0.2) is 50.5 Å². The zero-order chi connectivity index (χ0) is 26.1. The van der Waals surface area contributed by atoms with Gasteiger partial charge in [-0.3, -0.25) is 4.79 Å². The van der Waals surface area contributed by atoms with E-state index in [9.17, 15) is 4.79 Å². The predicted octanol–water partition coefficient (Wildman–Crippen LogP) is 5.69. The molecule has 35 heavy (non-hydrogen) atoms. The van der Waals surface area contributed by atoms with Gasteiger partial charge in [0.05, 0.1) is 55.7 Å². The highest BCUT2D eigenvalue weighted by Crippen LogP contribution is 2.41. The second-order valence-corrected chi connectivity index (χ2v) is 9.97. The Bertz CT molecular complexity index is 1160. The number of hydrogen-bond donors (Lipinski definition) is 0. The summed E-state index contributed by atoms with van der Waals surface area (Å²) in [6, 6.07) is 5.26. The first-order valence-electron chi connectivity index (χ1n) is 11.3. The zero-order valence-corrected chi connectivity index (χ0v) is 23.0. The molecule has 7 nitrogen and oxygen atoms in total. The van der Waals surface area contributed by atoms with Crippen LogP contribution in [0.2, 0.25) is 0 Å². The Morgan fingerprint density at radius 2 is 1.74 bits per heavy atom. The summed E-state index contributed by atoms with van der Waals surface area (Å²) in [6.45, 7) is 10.3. The molecule has 2 aromatic rings. The van der Waals surface area contributed by atoms with Gasteiger partial charge in [-0.05, 0) is 43.0 Å². The molecular formula is C26H32BrFN2O5. The molecule has 0 aliphatic carbocycles. The minimum atomic E-state index is -0.581. The minimum absolute atomic E-state index is 0.00599. The van der Waals surface area contributed by atoms with Crippen molar-refractivity contribution in [3.05, 3.63) is 46.3 Å². The van der Waals surface area contributed by atoms with Crippen LogP contribution in [0, 0.1) is 5.82 Å². The number of amidine groups is 1. The van der Waals surface area contributed by atoms with Crippen molar-refractivity contribution in [1.29, 1.82) is 0 Å². The highest BCUT2D eigenvalue weighted by atomic mass is 79.9. The predicted molar refractivity (Wildman–Crippen MR) is 137 cm³/mol. The summed E-state index contributed by atoms with van der Waals surface area (Å²) in [5.74, 6) is 0.975. The van der Waals surface area contributed by atoms with Crippen LogP contribution in [0.1, 0.15) is 61.7 Å². The molecule has 0 fully saturated rings. The summed E-state index contributed by atoms with van der Waals surface area (Å²) in [7, 11) is 4.42. The van der Waals surface area contributed by atoms with Crippen LogP contribution in [-0.2, 0) is 12.0 Å². The van der Waals surface area contributed by atoms with Gasteiger partial charge in [-0.25, -0.2) is 4.39 Å². The molecule has 190 valence electrons. The van der Waals surface area contributed by atoms with E-state index in [1.54, 1.807) is 24.1 Å². The van der Waals surface area contributed by atoms with Crippen LogP contribution in [0.4, 0.5) is 4.39 Å². The van der Waals surface area contributed by atoms with Crippen LogP contribution in [0.5, 0.6) is 23.0 Å². The summed E-state index contributed by atoms with van der Waals surface area (Å²) < 4.78 is 41.5. The molecule has 0 atom stereocenters. The summed E-state index contributed by atoms with van der Waals surface area (Å²) in [6.07, 6.45) is -0.102. The van der Waals surface area contributed by atoms with E-state index < -0.39 is 5.82 Å². The first-order valence-corrected chi connectivity index (χ1v) is 12.0. The second-order valence-electron chi connectivity index (χ2n) is 9.62. The monoisotopic (exact) mass is 550 g/mol. The molecule has 9 heteroatoms. The molecule has 0 saturated carbocycles. The third-order valence-corrected chi connectivity index (χ3v) is 6.08. The number of carbonyl (C=O) groups is 1. The van der Waals surface area contributed by atoms with Crippen LogP contribution in [0.15, 0.2) is 22.2 Å². The van der Waals surface area contributed by atoms with Crippen molar-refractivity contribution >= 4 is 27.8 Å². The average Bonchev–Trinajstić information content (AvgIpc) is 3.14. The minimum Gasteiger partial charge on any atom is -0.493 e. The summed E-state index contributed by atoms with van der Waals surface area (Å²) in [5.41, 5.74) is 1.98. The fourth-order valence-corrected chi connectivity index (χ4v) is 4.57. The molecular weight excluding hydrogens is 519 g/mol. The van der Waals surface area contributed by atoms with Gasteiger partial charge in [0.2, 0.25) is 0 Å². The van der Waals surface area contributed by atoms with Gasteiger partial charge < -0.3 is 23.8 Å². The van der Waals surface area contributed by atoms with Crippen LogP contribution in [0.25, 0.3) is 0 Å². The number of hydrogen-bond acceptors (Lipinski definition) is 6. The van der Waals surface area contributed by atoms with Crippen LogP contribution >= 0.6 is 16.1 Å². The Balaban J connectivity index is 2.01. The van der Waals surface area contributed by atoms with E-state index in [4.69, 9.17) is 18.9 Å². The average molecular weight is 551 g/mol. The van der Waals surface area contributed by atoms with Gasteiger partial charge in [-0.2, -0.15) is 4.02 Å². The van der Waals surface area contributed by atoms with Gasteiger partial charge in [0.1, 0.15) is 5.84 Å². The molecule has 0 spiro atoms. The first kappa shape index (κ1) is 26.8. The largest absolute Gasteiger partial charge is 0.493 e. The van der Waals surface area contributed by atoms with Crippen molar-refractivity contribution in [2.24, 2.45) is 4.02 Å². The van der Waals surface area contributed by atoms with Crippen molar-refractivity contribution in [3.8, 4) is 23.0 Å². The first-order chi connectivity index (χ1) is 16.5. The molecule has 3 rings (SSSR count). The lowest BCUT2D eigenvalue weighted by molar-refractivity contribution is 0.0962. The maximum absolute atomic E-state index is 15.3. The molecule has 1 heterocycles. The van der Waals surface area contributed by atoms with Gasteiger partial charge in [-0.1, -0.05) is 20.8 Å². The summed E-state index contributed by atoms with van der Waals surface area (Å²) in [4.78, 5) is 15.2. The Hall–Kier alpha value is -2.81. The molecule has 0 amide bonds. The molecule has 0 N–H and O–H groups in total. The smallest absolute Gasteiger partial charge is 0.197 e. The third kappa shape index (κ3) is 5.24. The van der Waals surface area contributed by atoms with Gasteiger partial charge in [0.25, 0.3) is 0 Å². The summed E-state index contributed by atoms with van der Waals surface area (Å²) >= 11 is 3.10. The number of methoxy groups -OCH3 is 3. The quantitative estimate of drug-likeness (QED) is 0.393. The standard InChI is InChI=1S/C26H32BrFN2O5/c1-14(2)35-20-10-15(9-17(23(20)33-7)26(3,4)5)18(31)13-30-12-16-11-19(32-6)24(34-8)22(28)21(16)25(30)29-27/h9-11,14H,12-13H2,1-8H3/b29-25-. The van der Waals surface area contributed by atoms with Gasteiger partial charge in [0.15, 0.2) is 34.6 Å². The lowest BCUT2D eigenvalue weighted by atomic mass is 9.84. The fourth-order valence-electron chi connectivity index (χ4n) is 4.17. The lowest BCUT2D eigenvalue weighted by Gasteiger charge is -2.26. The molecule has 0 aromatic heterocycles. The number of ketones is 1. The lowest BCUT2D eigenvalue weighted by Crippen LogP contribution is -2.31. The number of ether oxygens (including phenoxy) is 4. The second kappa shape index (κ2) is 10.4. The number of rotatable bonds is 8. The topological polar surface area (TPSA) is 69.6 Å². The molecule has 2 aromatic carbocycles. The number of Topliss-reactive ketones (excluding diaryl/α,β-unsaturated/α-hetero) is 1. The molecule has 1 aliphatic heterocycles.